The third-order valence-electron chi connectivity index (χ3n) is 5.97. The highest BCUT2D eigenvalue weighted by molar-refractivity contribution is 7.89. The lowest BCUT2D eigenvalue weighted by atomic mass is 10.2. The van der Waals surface area contributed by atoms with Crippen molar-refractivity contribution in [2.45, 2.75) is 42.6 Å². The summed E-state index contributed by atoms with van der Waals surface area (Å²) in [4.78, 5) is 13.2. The molecule has 12 heteroatoms. The number of nitrogens with one attached hydrogen (secondary N) is 1. The summed E-state index contributed by atoms with van der Waals surface area (Å²) in [5.74, 6) is -0.275. The maximum Gasteiger partial charge on any atom is 0.255 e. The van der Waals surface area contributed by atoms with Crippen LogP contribution >= 0.6 is 0 Å². The molecule has 2 fully saturated rings. The number of ether oxygens (including phenoxy) is 2. The average molecular weight is 538 g/mol. The van der Waals surface area contributed by atoms with E-state index in [9.17, 15) is 21.6 Å². The quantitative estimate of drug-likeness (QED) is 0.549. The Balaban J connectivity index is 1.63. The molecule has 0 saturated carbocycles. The monoisotopic (exact) mass is 537 g/mol. The van der Waals surface area contributed by atoms with Crippen LogP contribution in [0, 0.1) is 0 Å². The standard InChI is InChI=1S/C24H31N3O7S2/c1-18(2)34-23-9-8-21(36(31,32)27-12-14-33-15-13-27)17-22(23)25-24(28)19-6-5-7-20(16-19)35(29,30)26-10-3-4-11-26/h5-9,16-18H,3-4,10-15H2,1-2H3,(H,25,28). The van der Waals surface area contributed by atoms with Gasteiger partial charge in [-0.3, -0.25) is 4.79 Å². The molecular weight excluding hydrogens is 506 g/mol. The fourth-order valence-electron chi connectivity index (χ4n) is 4.13. The molecule has 196 valence electrons. The molecule has 2 aromatic rings. The first kappa shape index (κ1) is 26.6. The van der Waals surface area contributed by atoms with E-state index in [2.05, 4.69) is 5.32 Å². The van der Waals surface area contributed by atoms with Gasteiger partial charge in [-0.2, -0.15) is 8.61 Å². The molecule has 10 nitrogen and oxygen atoms in total. The van der Waals surface area contributed by atoms with Crippen molar-refractivity contribution >= 4 is 31.6 Å². The van der Waals surface area contributed by atoms with E-state index >= 15 is 0 Å². The zero-order chi connectivity index (χ0) is 25.9. The van der Waals surface area contributed by atoms with Crippen LogP contribution in [0.1, 0.15) is 37.0 Å². The van der Waals surface area contributed by atoms with E-state index in [0.29, 0.717) is 32.1 Å². The highest BCUT2D eigenvalue weighted by atomic mass is 32.2. The van der Waals surface area contributed by atoms with Crippen molar-refractivity contribution in [1.82, 2.24) is 8.61 Å². The fourth-order valence-corrected chi connectivity index (χ4v) is 7.13. The zero-order valence-electron chi connectivity index (χ0n) is 20.3. The minimum absolute atomic E-state index is 0.0150. The van der Waals surface area contributed by atoms with E-state index in [0.717, 1.165) is 12.8 Å². The van der Waals surface area contributed by atoms with Gasteiger partial charge in [-0.1, -0.05) is 6.07 Å². The molecule has 0 unspecified atom stereocenters. The molecule has 2 saturated heterocycles. The van der Waals surface area contributed by atoms with Crippen LogP contribution in [0.2, 0.25) is 0 Å². The maximum absolute atomic E-state index is 13.2. The Morgan fingerprint density at radius 3 is 2.14 bits per heavy atom. The number of carbonyl (C=O) groups excluding carboxylic acids is 1. The number of sulfonamides is 2. The summed E-state index contributed by atoms with van der Waals surface area (Å²) in [5, 5.41) is 2.72. The zero-order valence-corrected chi connectivity index (χ0v) is 22.0. The van der Waals surface area contributed by atoms with Crippen LogP contribution in [-0.4, -0.2) is 76.8 Å². The Morgan fingerprint density at radius 1 is 0.889 bits per heavy atom. The van der Waals surface area contributed by atoms with Gasteiger partial charge in [0.25, 0.3) is 5.91 Å². The van der Waals surface area contributed by atoms with Gasteiger partial charge in [-0.05, 0) is 63.1 Å². The lowest BCUT2D eigenvalue weighted by Gasteiger charge is -2.26. The molecular formula is C24H31N3O7S2. The lowest BCUT2D eigenvalue weighted by molar-refractivity contribution is 0.0730. The SMILES string of the molecule is CC(C)Oc1ccc(S(=O)(=O)N2CCOCC2)cc1NC(=O)c1cccc(S(=O)(=O)N2CCCC2)c1. The molecule has 0 spiro atoms. The molecule has 2 aromatic carbocycles. The third kappa shape index (κ3) is 5.73. The molecule has 1 N–H and O–H groups in total. The topological polar surface area (TPSA) is 122 Å². The van der Waals surface area contributed by atoms with Crippen LogP contribution in [0.4, 0.5) is 5.69 Å². The fraction of sp³-hybridized carbons (Fsp3) is 0.458. The molecule has 2 heterocycles. The van der Waals surface area contributed by atoms with E-state index in [1.165, 1.54) is 51.1 Å². The molecule has 2 aliphatic rings. The van der Waals surface area contributed by atoms with Crippen LogP contribution < -0.4 is 10.1 Å². The lowest BCUT2D eigenvalue weighted by Crippen LogP contribution is -2.40. The molecule has 0 radical (unpaired) electrons. The summed E-state index contributed by atoms with van der Waals surface area (Å²) in [5.41, 5.74) is 0.308. The second-order valence-electron chi connectivity index (χ2n) is 8.93. The minimum atomic E-state index is -3.80. The summed E-state index contributed by atoms with van der Waals surface area (Å²) in [7, 11) is -7.50. The summed E-state index contributed by atoms with van der Waals surface area (Å²) in [6, 6.07) is 10.1. The largest absolute Gasteiger partial charge is 0.489 e. The average Bonchev–Trinajstić information content (AvgIpc) is 3.41. The van der Waals surface area contributed by atoms with Crippen molar-refractivity contribution in [3.8, 4) is 5.75 Å². The molecule has 2 aliphatic heterocycles. The molecule has 4 rings (SSSR count). The number of rotatable bonds is 8. The van der Waals surface area contributed by atoms with Gasteiger partial charge in [0, 0.05) is 31.7 Å². The van der Waals surface area contributed by atoms with Crippen molar-refractivity contribution in [2.24, 2.45) is 0 Å². The van der Waals surface area contributed by atoms with Gasteiger partial charge in [0.1, 0.15) is 5.75 Å². The number of morpholine rings is 1. The first-order valence-corrected chi connectivity index (χ1v) is 14.8. The number of carbonyl (C=O) groups is 1. The summed E-state index contributed by atoms with van der Waals surface area (Å²) >= 11 is 0. The van der Waals surface area contributed by atoms with Gasteiger partial charge >= 0.3 is 0 Å². The van der Waals surface area contributed by atoms with Gasteiger partial charge < -0.3 is 14.8 Å². The Hall–Kier alpha value is -2.51. The van der Waals surface area contributed by atoms with Crippen molar-refractivity contribution in [3.05, 3.63) is 48.0 Å². The van der Waals surface area contributed by atoms with Crippen molar-refractivity contribution < 1.29 is 31.1 Å². The third-order valence-corrected chi connectivity index (χ3v) is 9.76. The molecule has 1 amide bonds. The highest BCUT2D eigenvalue weighted by Gasteiger charge is 2.29. The minimum Gasteiger partial charge on any atom is -0.489 e. The van der Waals surface area contributed by atoms with E-state index < -0.39 is 26.0 Å². The predicted octanol–water partition coefficient (Wildman–Crippen LogP) is 2.53. The van der Waals surface area contributed by atoms with Gasteiger partial charge in [0.05, 0.1) is 34.8 Å². The van der Waals surface area contributed by atoms with Crippen LogP contribution in [0.25, 0.3) is 0 Å². The van der Waals surface area contributed by atoms with Crippen LogP contribution in [0.15, 0.2) is 52.3 Å². The van der Waals surface area contributed by atoms with E-state index in [-0.39, 0.29) is 40.2 Å². The first-order chi connectivity index (χ1) is 17.1. The number of hydrogen-bond donors (Lipinski definition) is 1. The van der Waals surface area contributed by atoms with E-state index in [1.807, 2.05) is 13.8 Å². The Morgan fingerprint density at radius 2 is 1.50 bits per heavy atom. The normalized spacial score (nSPS) is 17.9. The van der Waals surface area contributed by atoms with Crippen LogP contribution in [0.3, 0.4) is 0 Å². The first-order valence-electron chi connectivity index (χ1n) is 11.9. The van der Waals surface area contributed by atoms with Gasteiger partial charge in [0.2, 0.25) is 20.0 Å². The van der Waals surface area contributed by atoms with Gasteiger partial charge in [0.15, 0.2) is 0 Å². The van der Waals surface area contributed by atoms with Crippen LogP contribution in [-0.2, 0) is 24.8 Å². The number of amides is 1. The Bertz CT molecular complexity index is 1310. The molecule has 0 atom stereocenters. The number of anilines is 1. The van der Waals surface area contributed by atoms with Gasteiger partial charge in [-0.25, -0.2) is 16.8 Å². The van der Waals surface area contributed by atoms with Crippen molar-refractivity contribution in [2.75, 3.05) is 44.7 Å². The Kier molecular flexibility index (Phi) is 8.00. The smallest absolute Gasteiger partial charge is 0.255 e. The molecule has 0 bridgehead atoms. The van der Waals surface area contributed by atoms with E-state index in [4.69, 9.17) is 9.47 Å². The van der Waals surface area contributed by atoms with Crippen molar-refractivity contribution in [3.63, 3.8) is 0 Å². The molecule has 36 heavy (non-hydrogen) atoms. The molecule has 0 aliphatic carbocycles. The maximum atomic E-state index is 13.2. The second-order valence-corrected chi connectivity index (χ2v) is 12.8. The Labute approximate surface area is 212 Å². The second kappa shape index (κ2) is 10.9. The summed E-state index contributed by atoms with van der Waals surface area (Å²) in [6.45, 7) is 5.66. The number of benzene rings is 2. The number of nitrogens with zero attached hydrogens (tertiary/aromatic N) is 2. The number of hydrogen-bond acceptors (Lipinski definition) is 7. The van der Waals surface area contributed by atoms with Crippen LogP contribution in [0.5, 0.6) is 5.75 Å². The van der Waals surface area contributed by atoms with E-state index in [1.54, 1.807) is 0 Å². The summed E-state index contributed by atoms with van der Waals surface area (Å²) in [6.07, 6.45) is 1.39. The predicted molar refractivity (Wildman–Crippen MR) is 134 cm³/mol. The molecule has 0 aromatic heterocycles. The van der Waals surface area contributed by atoms with Crippen molar-refractivity contribution in [1.29, 1.82) is 0 Å². The van der Waals surface area contributed by atoms with Gasteiger partial charge in [-0.15, -0.1) is 0 Å². The summed E-state index contributed by atoms with van der Waals surface area (Å²) < 4.78 is 66.0. The highest BCUT2D eigenvalue weighted by Crippen LogP contribution is 2.31.